The molecule has 0 aliphatic rings. The van der Waals surface area contributed by atoms with Crippen LogP contribution in [-0.2, 0) is 6.42 Å². The Hall–Kier alpha value is -1.32. The molecule has 0 radical (unpaired) electrons. The van der Waals surface area contributed by atoms with Gasteiger partial charge in [-0.1, -0.05) is 20.8 Å². The summed E-state index contributed by atoms with van der Waals surface area (Å²) in [5, 5.41) is 6.43. The van der Waals surface area contributed by atoms with E-state index in [-0.39, 0.29) is 0 Å². The summed E-state index contributed by atoms with van der Waals surface area (Å²) >= 11 is 0. The highest BCUT2D eigenvalue weighted by molar-refractivity contribution is 5.57. The molecule has 0 aliphatic heterocycles. The first kappa shape index (κ1) is 11.8. The molecule has 1 heterocycles. The van der Waals surface area contributed by atoms with Crippen molar-refractivity contribution in [2.24, 2.45) is 5.92 Å². The van der Waals surface area contributed by atoms with E-state index in [2.05, 4.69) is 41.4 Å². The maximum Gasteiger partial charge on any atom is 0.134 e. The number of anilines is 2. The molecule has 0 spiro atoms. The molecule has 4 heteroatoms. The minimum atomic E-state index is 0.614. The van der Waals surface area contributed by atoms with Gasteiger partial charge in [0.05, 0.1) is 0 Å². The topological polar surface area (TPSA) is 49.8 Å². The quantitative estimate of drug-likeness (QED) is 0.778. The molecule has 84 valence electrons. The third-order valence-electron chi connectivity index (χ3n) is 2.21. The highest BCUT2D eigenvalue weighted by atomic mass is 15.1. The van der Waals surface area contributed by atoms with Crippen molar-refractivity contribution in [1.29, 1.82) is 0 Å². The Morgan fingerprint density at radius 1 is 1.27 bits per heavy atom. The molecule has 0 aliphatic carbocycles. The molecule has 0 unspecified atom stereocenters. The zero-order chi connectivity index (χ0) is 11.3. The van der Waals surface area contributed by atoms with Crippen molar-refractivity contribution in [3.63, 3.8) is 0 Å². The molecule has 0 saturated carbocycles. The van der Waals surface area contributed by atoms with Crippen LogP contribution in [0.1, 0.15) is 26.3 Å². The van der Waals surface area contributed by atoms with Gasteiger partial charge in [-0.2, -0.15) is 0 Å². The van der Waals surface area contributed by atoms with Gasteiger partial charge in [-0.3, -0.25) is 0 Å². The van der Waals surface area contributed by atoms with E-state index in [9.17, 15) is 0 Å². The van der Waals surface area contributed by atoms with Crippen molar-refractivity contribution in [2.45, 2.75) is 27.2 Å². The summed E-state index contributed by atoms with van der Waals surface area (Å²) in [5.41, 5.74) is 1.15. The van der Waals surface area contributed by atoms with Crippen LogP contribution < -0.4 is 10.6 Å². The Morgan fingerprint density at radius 2 is 1.93 bits per heavy atom. The van der Waals surface area contributed by atoms with E-state index in [1.165, 1.54) is 0 Å². The standard InChI is InChI=1S/C11H20N4/c1-5-9-10(12-4)14-7-15-11(9)13-6-8(2)3/h7-8H,5-6H2,1-4H3,(H2,12,13,14,15). The smallest absolute Gasteiger partial charge is 0.134 e. The molecule has 0 saturated heterocycles. The molecule has 0 atom stereocenters. The molecule has 2 N–H and O–H groups in total. The van der Waals surface area contributed by atoms with E-state index in [1.807, 2.05) is 7.05 Å². The molecule has 15 heavy (non-hydrogen) atoms. The summed E-state index contributed by atoms with van der Waals surface area (Å²) < 4.78 is 0. The van der Waals surface area contributed by atoms with Gasteiger partial charge in [-0.15, -0.1) is 0 Å². The summed E-state index contributed by atoms with van der Waals surface area (Å²) in [7, 11) is 1.88. The molecule has 0 aromatic carbocycles. The van der Waals surface area contributed by atoms with Crippen LogP contribution in [0.25, 0.3) is 0 Å². The lowest BCUT2D eigenvalue weighted by Gasteiger charge is -2.13. The fraction of sp³-hybridized carbons (Fsp3) is 0.636. The van der Waals surface area contributed by atoms with Gasteiger partial charge in [0.1, 0.15) is 18.0 Å². The maximum atomic E-state index is 4.27. The summed E-state index contributed by atoms with van der Waals surface area (Å²) in [6.45, 7) is 7.41. The van der Waals surface area contributed by atoms with Crippen LogP contribution in [0.4, 0.5) is 11.6 Å². The lowest BCUT2D eigenvalue weighted by atomic mass is 10.2. The van der Waals surface area contributed by atoms with Gasteiger partial charge in [0.2, 0.25) is 0 Å². The number of hydrogen-bond donors (Lipinski definition) is 2. The van der Waals surface area contributed by atoms with Gasteiger partial charge in [0.15, 0.2) is 0 Å². The summed E-state index contributed by atoms with van der Waals surface area (Å²) in [6, 6.07) is 0. The Kier molecular flexibility index (Phi) is 4.34. The third-order valence-corrected chi connectivity index (χ3v) is 2.21. The maximum absolute atomic E-state index is 4.27. The average Bonchev–Trinajstić information content (AvgIpc) is 2.25. The number of hydrogen-bond acceptors (Lipinski definition) is 4. The molecule has 1 rings (SSSR count). The van der Waals surface area contributed by atoms with Crippen LogP contribution in [0, 0.1) is 5.92 Å². The van der Waals surface area contributed by atoms with Crippen molar-refractivity contribution in [3.8, 4) is 0 Å². The second-order valence-electron chi connectivity index (χ2n) is 3.93. The summed E-state index contributed by atoms with van der Waals surface area (Å²) in [6.07, 6.45) is 2.52. The zero-order valence-corrected chi connectivity index (χ0v) is 9.96. The van der Waals surface area contributed by atoms with Gasteiger partial charge in [0, 0.05) is 19.2 Å². The first-order valence-electron chi connectivity index (χ1n) is 5.44. The Labute approximate surface area is 91.5 Å². The number of rotatable bonds is 5. The van der Waals surface area contributed by atoms with E-state index in [1.54, 1.807) is 6.33 Å². The minimum absolute atomic E-state index is 0.614. The van der Waals surface area contributed by atoms with Crippen molar-refractivity contribution < 1.29 is 0 Å². The predicted octanol–water partition coefficient (Wildman–Crippen LogP) is 2.15. The minimum Gasteiger partial charge on any atom is -0.373 e. The third kappa shape index (κ3) is 3.08. The largest absolute Gasteiger partial charge is 0.373 e. The van der Waals surface area contributed by atoms with Crippen molar-refractivity contribution >= 4 is 11.6 Å². The fourth-order valence-corrected chi connectivity index (χ4v) is 1.42. The molecule has 0 fully saturated rings. The first-order valence-corrected chi connectivity index (χ1v) is 5.44. The van der Waals surface area contributed by atoms with Crippen LogP contribution in [0.2, 0.25) is 0 Å². The molecule has 1 aromatic heterocycles. The van der Waals surface area contributed by atoms with Crippen molar-refractivity contribution in [2.75, 3.05) is 24.2 Å². The van der Waals surface area contributed by atoms with Gasteiger partial charge in [-0.25, -0.2) is 9.97 Å². The molecule has 0 amide bonds. The Bertz CT molecular complexity index is 309. The predicted molar refractivity (Wildman–Crippen MR) is 64.3 cm³/mol. The monoisotopic (exact) mass is 208 g/mol. The van der Waals surface area contributed by atoms with E-state index < -0.39 is 0 Å². The van der Waals surface area contributed by atoms with Crippen LogP contribution in [-0.4, -0.2) is 23.6 Å². The lowest BCUT2D eigenvalue weighted by molar-refractivity contribution is 0.686. The Morgan fingerprint density at radius 3 is 2.47 bits per heavy atom. The van der Waals surface area contributed by atoms with Crippen LogP contribution in [0.3, 0.4) is 0 Å². The highest BCUT2D eigenvalue weighted by Gasteiger charge is 2.08. The summed E-state index contributed by atoms with van der Waals surface area (Å²) in [4.78, 5) is 8.46. The van der Waals surface area contributed by atoms with Crippen LogP contribution >= 0.6 is 0 Å². The van der Waals surface area contributed by atoms with Gasteiger partial charge < -0.3 is 10.6 Å². The molecular formula is C11H20N4. The van der Waals surface area contributed by atoms with Gasteiger partial charge >= 0.3 is 0 Å². The van der Waals surface area contributed by atoms with Crippen molar-refractivity contribution in [1.82, 2.24) is 9.97 Å². The molecular weight excluding hydrogens is 188 g/mol. The SMILES string of the molecule is CCc1c(NC)ncnc1NCC(C)C. The molecule has 0 bridgehead atoms. The highest BCUT2D eigenvalue weighted by Crippen LogP contribution is 2.19. The van der Waals surface area contributed by atoms with Gasteiger partial charge in [-0.05, 0) is 12.3 Å². The Balaban J connectivity index is 2.86. The number of aromatic nitrogens is 2. The van der Waals surface area contributed by atoms with Crippen LogP contribution in [0.5, 0.6) is 0 Å². The van der Waals surface area contributed by atoms with Crippen LogP contribution in [0.15, 0.2) is 6.33 Å². The van der Waals surface area contributed by atoms with Crippen molar-refractivity contribution in [3.05, 3.63) is 11.9 Å². The first-order chi connectivity index (χ1) is 7.19. The molecule has 4 nitrogen and oxygen atoms in total. The van der Waals surface area contributed by atoms with E-state index in [0.717, 1.165) is 30.2 Å². The lowest BCUT2D eigenvalue weighted by Crippen LogP contribution is -2.12. The number of nitrogens with one attached hydrogen (secondary N) is 2. The summed E-state index contributed by atoms with van der Waals surface area (Å²) in [5.74, 6) is 2.48. The number of nitrogens with zero attached hydrogens (tertiary/aromatic N) is 2. The van der Waals surface area contributed by atoms with E-state index in [4.69, 9.17) is 0 Å². The fourth-order valence-electron chi connectivity index (χ4n) is 1.42. The van der Waals surface area contributed by atoms with E-state index >= 15 is 0 Å². The second kappa shape index (κ2) is 5.53. The molecule has 1 aromatic rings. The van der Waals surface area contributed by atoms with Gasteiger partial charge in [0.25, 0.3) is 0 Å². The average molecular weight is 208 g/mol. The zero-order valence-electron chi connectivity index (χ0n) is 9.96. The van der Waals surface area contributed by atoms with E-state index in [0.29, 0.717) is 5.92 Å². The normalized spacial score (nSPS) is 10.5. The second-order valence-corrected chi connectivity index (χ2v) is 3.93.